The van der Waals surface area contributed by atoms with Crippen molar-refractivity contribution < 1.29 is 18.8 Å². The Morgan fingerprint density at radius 3 is 2.63 bits per heavy atom. The van der Waals surface area contributed by atoms with E-state index in [1.807, 2.05) is 0 Å². The van der Waals surface area contributed by atoms with Crippen molar-refractivity contribution in [2.75, 3.05) is 19.6 Å². The predicted molar refractivity (Wildman–Crippen MR) is 96.6 cm³/mol. The summed E-state index contributed by atoms with van der Waals surface area (Å²) in [6.45, 7) is 4.74. The number of hydrogen-bond donors (Lipinski definition) is 1. The summed E-state index contributed by atoms with van der Waals surface area (Å²) in [5.74, 6) is -0.957. The Morgan fingerprint density at radius 2 is 1.96 bits per heavy atom. The van der Waals surface area contributed by atoms with E-state index in [0.29, 0.717) is 30.4 Å². The van der Waals surface area contributed by atoms with Gasteiger partial charge in [-0.3, -0.25) is 19.7 Å². The maximum atomic E-state index is 15.5. The number of piperidine rings is 2. The molecule has 2 saturated heterocycles. The highest BCUT2D eigenvalue weighted by atomic mass is 19.1. The summed E-state index contributed by atoms with van der Waals surface area (Å²) >= 11 is 0. The third kappa shape index (κ3) is 3.14. The summed E-state index contributed by atoms with van der Waals surface area (Å²) in [6.07, 6.45) is 1.45. The monoisotopic (exact) mass is 373 g/mol. The first-order valence-electron chi connectivity index (χ1n) is 9.60. The van der Waals surface area contributed by atoms with Gasteiger partial charge in [-0.25, -0.2) is 4.39 Å². The topological polar surface area (TPSA) is 69.7 Å². The largest absolute Gasteiger partial charge is 0.322 e. The number of carbonyl (C=O) groups excluding carboxylic acids is 3. The Balaban J connectivity index is 1.54. The van der Waals surface area contributed by atoms with Gasteiger partial charge in [0.2, 0.25) is 11.8 Å². The van der Waals surface area contributed by atoms with Gasteiger partial charge in [0.15, 0.2) is 0 Å². The van der Waals surface area contributed by atoms with Gasteiger partial charge in [0, 0.05) is 31.6 Å². The molecule has 3 amide bonds. The second-order valence-corrected chi connectivity index (χ2v) is 7.67. The smallest absolute Gasteiger partial charge is 0.255 e. The van der Waals surface area contributed by atoms with Gasteiger partial charge in [-0.2, -0.15) is 0 Å². The number of rotatable bonds is 3. The predicted octanol–water partition coefficient (Wildman–Crippen LogP) is 1.73. The second-order valence-electron chi connectivity index (χ2n) is 7.67. The zero-order chi connectivity index (χ0) is 19.2. The van der Waals surface area contributed by atoms with Crippen molar-refractivity contribution >= 4 is 17.7 Å². The molecule has 144 valence electrons. The summed E-state index contributed by atoms with van der Waals surface area (Å²) in [7, 11) is 0. The van der Waals surface area contributed by atoms with Crippen molar-refractivity contribution in [3.05, 3.63) is 34.9 Å². The standard InChI is InChI=1S/C20H24FN3O3/c1-2-23-9-7-20(21,8-10-23)14-3-4-15-13(11-14)12-24(19(15)27)16-5-6-17(25)22-18(16)26/h3-4,11,16H,2,5-10,12H2,1H3,(H,22,25,26). The van der Waals surface area contributed by atoms with Crippen LogP contribution < -0.4 is 5.32 Å². The minimum absolute atomic E-state index is 0.222. The first-order chi connectivity index (χ1) is 12.9. The van der Waals surface area contributed by atoms with Crippen LogP contribution in [-0.4, -0.2) is 53.2 Å². The van der Waals surface area contributed by atoms with Gasteiger partial charge >= 0.3 is 0 Å². The molecule has 7 heteroatoms. The van der Waals surface area contributed by atoms with Crippen LogP contribution in [-0.2, 0) is 21.8 Å². The van der Waals surface area contributed by atoms with E-state index in [4.69, 9.17) is 0 Å². The molecule has 0 radical (unpaired) electrons. The van der Waals surface area contributed by atoms with Crippen LogP contribution in [0.3, 0.4) is 0 Å². The minimum atomic E-state index is -1.37. The molecule has 0 bridgehead atoms. The molecule has 1 atom stereocenters. The Labute approximate surface area is 157 Å². The average molecular weight is 373 g/mol. The SMILES string of the molecule is CCN1CCC(F)(c2ccc3c(c2)CN(C2CCC(=O)NC2=O)C3=O)CC1. The van der Waals surface area contributed by atoms with E-state index in [1.165, 1.54) is 4.90 Å². The highest BCUT2D eigenvalue weighted by Crippen LogP contribution is 2.39. The van der Waals surface area contributed by atoms with E-state index in [9.17, 15) is 14.4 Å². The number of hydrogen-bond acceptors (Lipinski definition) is 4. The van der Waals surface area contributed by atoms with E-state index < -0.39 is 17.6 Å². The van der Waals surface area contributed by atoms with Gasteiger partial charge in [-0.1, -0.05) is 19.1 Å². The van der Waals surface area contributed by atoms with Gasteiger partial charge < -0.3 is 9.80 Å². The number of fused-ring (bicyclic) bond motifs is 1. The number of nitrogens with one attached hydrogen (secondary N) is 1. The van der Waals surface area contributed by atoms with Gasteiger partial charge in [-0.05, 0) is 43.0 Å². The highest BCUT2D eigenvalue weighted by molar-refractivity contribution is 6.05. The molecule has 27 heavy (non-hydrogen) atoms. The van der Waals surface area contributed by atoms with E-state index in [0.717, 1.165) is 25.2 Å². The van der Waals surface area contributed by atoms with Crippen molar-refractivity contribution in [2.24, 2.45) is 0 Å². The fourth-order valence-electron chi connectivity index (χ4n) is 4.37. The quantitative estimate of drug-likeness (QED) is 0.820. The van der Waals surface area contributed by atoms with E-state index in [1.54, 1.807) is 18.2 Å². The molecule has 6 nitrogen and oxygen atoms in total. The first-order valence-corrected chi connectivity index (χ1v) is 9.60. The Kier molecular flexibility index (Phi) is 4.50. The number of carbonyl (C=O) groups is 3. The highest BCUT2D eigenvalue weighted by Gasteiger charge is 2.41. The van der Waals surface area contributed by atoms with Crippen LogP contribution in [0.4, 0.5) is 4.39 Å². The van der Waals surface area contributed by atoms with E-state index >= 15 is 4.39 Å². The molecule has 0 aromatic heterocycles. The van der Waals surface area contributed by atoms with Crippen molar-refractivity contribution in [3.63, 3.8) is 0 Å². The van der Waals surface area contributed by atoms with Crippen molar-refractivity contribution in [1.29, 1.82) is 0 Å². The lowest BCUT2D eigenvalue weighted by atomic mass is 9.85. The third-order valence-electron chi connectivity index (χ3n) is 6.14. The number of amides is 3. The number of alkyl halides is 1. The summed E-state index contributed by atoms with van der Waals surface area (Å²) in [5.41, 5.74) is 0.538. The second kappa shape index (κ2) is 6.71. The molecule has 1 N–H and O–H groups in total. The lowest BCUT2D eigenvalue weighted by Crippen LogP contribution is -2.52. The number of halogens is 1. The fourth-order valence-corrected chi connectivity index (χ4v) is 4.37. The van der Waals surface area contributed by atoms with Crippen LogP contribution in [0, 0.1) is 0 Å². The summed E-state index contributed by atoms with van der Waals surface area (Å²) in [6, 6.07) is 4.55. The lowest BCUT2D eigenvalue weighted by molar-refractivity contribution is -0.136. The molecule has 0 saturated carbocycles. The summed E-state index contributed by atoms with van der Waals surface area (Å²) in [4.78, 5) is 39.9. The van der Waals surface area contributed by atoms with Crippen LogP contribution in [0.25, 0.3) is 0 Å². The third-order valence-corrected chi connectivity index (χ3v) is 6.14. The maximum absolute atomic E-state index is 15.5. The van der Waals surface area contributed by atoms with Crippen LogP contribution in [0.2, 0.25) is 0 Å². The fraction of sp³-hybridized carbons (Fsp3) is 0.550. The minimum Gasteiger partial charge on any atom is -0.322 e. The summed E-state index contributed by atoms with van der Waals surface area (Å²) in [5, 5.41) is 2.30. The Hall–Kier alpha value is -2.28. The Morgan fingerprint density at radius 1 is 1.22 bits per heavy atom. The van der Waals surface area contributed by atoms with Crippen LogP contribution >= 0.6 is 0 Å². The molecular weight excluding hydrogens is 349 g/mol. The number of imide groups is 1. The molecule has 2 fully saturated rings. The molecule has 0 aliphatic carbocycles. The zero-order valence-electron chi connectivity index (χ0n) is 15.5. The molecule has 3 heterocycles. The molecule has 1 aromatic carbocycles. The Bertz CT molecular complexity index is 802. The van der Waals surface area contributed by atoms with Gasteiger partial charge in [0.1, 0.15) is 11.7 Å². The van der Waals surface area contributed by atoms with Crippen LogP contribution in [0.5, 0.6) is 0 Å². The molecule has 1 aromatic rings. The molecule has 1 unspecified atom stereocenters. The van der Waals surface area contributed by atoms with E-state index in [2.05, 4.69) is 17.1 Å². The molecule has 3 aliphatic rings. The van der Waals surface area contributed by atoms with Gasteiger partial charge in [0.05, 0.1) is 0 Å². The van der Waals surface area contributed by atoms with Crippen molar-refractivity contribution in [1.82, 2.24) is 15.1 Å². The van der Waals surface area contributed by atoms with Gasteiger partial charge in [0.25, 0.3) is 5.91 Å². The first kappa shape index (κ1) is 18.1. The molecule has 0 spiro atoms. The molecular formula is C20H24FN3O3. The van der Waals surface area contributed by atoms with Gasteiger partial charge in [-0.15, -0.1) is 0 Å². The van der Waals surface area contributed by atoms with Crippen LogP contribution in [0.15, 0.2) is 18.2 Å². The maximum Gasteiger partial charge on any atom is 0.255 e. The van der Waals surface area contributed by atoms with Crippen molar-refractivity contribution in [3.8, 4) is 0 Å². The van der Waals surface area contributed by atoms with Crippen molar-refractivity contribution in [2.45, 2.75) is 50.9 Å². The molecule has 3 aliphatic heterocycles. The zero-order valence-corrected chi connectivity index (χ0v) is 15.5. The van der Waals surface area contributed by atoms with E-state index in [-0.39, 0.29) is 24.8 Å². The average Bonchev–Trinajstić information content (AvgIpc) is 2.98. The number of benzene rings is 1. The van der Waals surface area contributed by atoms with Crippen LogP contribution in [0.1, 0.15) is 54.1 Å². The number of nitrogens with zero attached hydrogens (tertiary/aromatic N) is 2. The lowest BCUT2D eigenvalue weighted by Gasteiger charge is -2.36. The molecule has 4 rings (SSSR count). The number of likely N-dealkylation sites (tertiary alicyclic amines) is 1. The summed E-state index contributed by atoms with van der Waals surface area (Å²) < 4.78 is 15.5. The normalized spacial score (nSPS) is 25.5.